The highest BCUT2D eigenvalue weighted by molar-refractivity contribution is 5.96. The highest BCUT2D eigenvalue weighted by atomic mass is 16.2. The Hall–Kier alpha value is -2.54. The summed E-state index contributed by atoms with van der Waals surface area (Å²) in [5.74, 6) is 0.167. The first kappa shape index (κ1) is 19.2. The van der Waals surface area contributed by atoms with E-state index >= 15 is 0 Å². The fraction of sp³-hybridized carbons (Fsp3) is 0.500. The zero-order chi connectivity index (χ0) is 19.4. The summed E-state index contributed by atoms with van der Waals surface area (Å²) in [7, 11) is 0. The lowest BCUT2D eigenvalue weighted by atomic mass is 10.1. The Morgan fingerprint density at radius 3 is 2.48 bits per heavy atom. The molecule has 2 aromatic heterocycles. The first-order valence-electron chi connectivity index (χ1n) is 9.39. The van der Waals surface area contributed by atoms with E-state index in [9.17, 15) is 9.59 Å². The number of pyridine rings is 1. The maximum Gasteiger partial charge on any atom is 0.224 e. The number of ketones is 1. The summed E-state index contributed by atoms with van der Waals surface area (Å²) < 4.78 is 1.78. The molecule has 1 aliphatic rings. The van der Waals surface area contributed by atoms with Gasteiger partial charge in [-0.1, -0.05) is 6.07 Å². The van der Waals surface area contributed by atoms with Crippen LogP contribution in [0.3, 0.4) is 0 Å². The number of carbonyl (C=O) groups excluding carboxylic acids is 2. The van der Waals surface area contributed by atoms with Crippen molar-refractivity contribution in [1.29, 1.82) is 0 Å². The zero-order valence-corrected chi connectivity index (χ0v) is 16.3. The molecule has 0 spiro atoms. The molecule has 0 atom stereocenters. The van der Waals surface area contributed by atoms with Gasteiger partial charge in [-0.15, -0.1) is 0 Å². The van der Waals surface area contributed by atoms with Gasteiger partial charge >= 0.3 is 0 Å². The average molecular weight is 369 g/mol. The summed E-state index contributed by atoms with van der Waals surface area (Å²) in [6.45, 7) is 9.89. The average Bonchev–Trinajstić information content (AvgIpc) is 2.94. The molecule has 2 aromatic rings. The van der Waals surface area contributed by atoms with Gasteiger partial charge in [0.1, 0.15) is 0 Å². The van der Waals surface area contributed by atoms with Crippen LogP contribution in [0.15, 0.2) is 24.5 Å². The third kappa shape index (κ3) is 4.60. The van der Waals surface area contributed by atoms with Gasteiger partial charge in [0, 0.05) is 63.8 Å². The second kappa shape index (κ2) is 8.43. The van der Waals surface area contributed by atoms with Crippen LogP contribution in [0.4, 0.5) is 0 Å². The monoisotopic (exact) mass is 369 g/mol. The van der Waals surface area contributed by atoms with Gasteiger partial charge in [0.15, 0.2) is 5.78 Å². The summed E-state index contributed by atoms with van der Waals surface area (Å²) in [5, 5.41) is 4.42. The Balaban J connectivity index is 1.49. The largest absolute Gasteiger partial charge is 0.340 e. The van der Waals surface area contributed by atoms with Crippen LogP contribution in [0, 0.1) is 13.8 Å². The quantitative estimate of drug-likeness (QED) is 0.727. The standard InChI is InChI=1S/C20H27N5O2/c1-15-20(17(3)26)16(2)25(22-15)8-6-19(27)24-11-9-23(10-12-24)14-18-5-4-7-21-13-18/h4-5,7,13H,6,8-12,14H2,1-3H3. The van der Waals surface area contributed by atoms with Gasteiger partial charge in [0.2, 0.25) is 5.91 Å². The van der Waals surface area contributed by atoms with Crippen molar-refractivity contribution in [2.75, 3.05) is 26.2 Å². The molecular formula is C20H27N5O2. The molecular weight excluding hydrogens is 342 g/mol. The van der Waals surface area contributed by atoms with E-state index in [4.69, 9.17) is 0 Å². The SMILES string of the molecule is CC(=O)c1c(C)nn(CCC(=O)N2CCN(Cc3cccnc3)CC2)c1C. The number of piperazine rings is 1. The maximum absolute atomic E-state index is 12.6. The van der Waals surface area contributed by atoms with E-state index in [0.29, 0.717) is 18.5 Å². The van der Waals surface area contributed by atoms with E-state index < -0.39 is 0 Å². The van der Waals surface area contributed by atoms with Gasteiger partial charge in [-0.05, 0) is 32.4 Å². The molecule has 7 nitrogen and oxygen atoms in total. The molecule has 144 valence electrons. The molecule has 0 bridgehead atoms. The number of carbonyl (C=O) groups is 2. The summed E-state index contributed by atoms with van der Waals surface area (Å²) >= 11 is 0. The Morgan fingerprint density at radius 1 is 1.15 bits per heavy atom. The minimum Gasteiger partial charge on any atom is -0.340 e. The minimum absolute atomic E-state index is 0.0207. The van der Waals surface area contributed by atoms with Crippen LogP contribution in [0.25, 0.3) is 0 Å². The summed E-state index contributed by atoms with van der Waals surface area (Å²) in [6, 6.07) is 4.03. The number of rotatable bonds is 6. The van der Waals surface area contributed by atoms with Crippen LogP contribution in [-0.2, 0) is 17.9 Å². The van der Waals surface area contributed by atoms with Gasteiger partial charge in [0.25, 0.3) is 0 Å². The van der Waals surface area contributed by atoms with Crippen molar-refractivity contribution in [2.24, 2.45) is 0 Å². The van der Waals surface area contributed by atoms with Crippen LogP contribution in [-0.4, -0.2) is 62.4 Å². The number of Topliss-reactive ketones (excluding diaryl/α,β-unsaturated/α-hetero) is 1. The van der Waals surface area contributed by atoms with Crippen LogP contribution in [0.2, 0.25) is 0 Å². The highest BCUT2D eigenvalue weighted by Crippen LogP contribution is 2.15. The van der Waals surface area contributed by atoms with E-state index in [1.807, 2.05) is 31.0 Å². The van der Waals surface area contributed by atoms with Crippen molar-refractivity contribution in [2.45, 2.75) is 40.3 Å². The summed E-state index contributed by atoms with van der Waals surface area (Å²) in [6.07, 6.45) is 4.07. The molecule has 0 aliphatic carbocycles. The van der Waals surface area contributed by atoms with Gasteiger partial charge in [0.05, 0.1) is 11.3 Å². The minimum atomic E-state index is 0.0207. The maximum atomic E-state index is 12.6. The Labute approximate surface area is 160 Å². The normalized spacial score (nSPS) is 15.1. The second-order valence-corrected chi connectivity index (χ2v) is 7.09. The molecule has 3 rings (SSSR count). The lowest BCUT2D eigenvalue weighted by Crippen LogP contribution is -2.48. The number of hydrogen-bond acceptors (Lipinski definition) is 5. The molecule has 0 radical (unpaired) electrons. The van der Waals surface area contributed by atoms with Crippen molar-refractivity contribution in [3.05, 3.63) is 47.0 Å². The number of hydrogen-bond donors (Lipinski definition) is 0. The van der Waals surface area contributed by atoms with Crippen LogP contribution < -0.4 is 0 Å². The molecule has 3 heterocycles. The van der Waals surface area contributed by atoms with Gasteiger partial charge in [-0.3, -0.25) is 24.2 Å². The van der Waals surface area contributed by atoms with E-state index in [1.165, 1.54) is 5.56 Å². The predicted molar refractivity (Wildman–Crippen MR) is 102 cm³/mol. The van der Waals surface area contributed by atoms with Crippen LogP contribution in [0.5, 0.6) is 0 Å². The first-order chi connectivity index (χ1) is 13.0. The van der Waals surface area contributed by atoms with Crippen LogP contribution in [0.1, 0.15) is 40.7 Å². The number of aryl methyl sites for hydroxylation is 2. The fourth-order valence-electron chi connectivity index (χ4n) is 3.69. The zero-order valence-electron chi connectivity index (χ0n) is 16.3. The summed E-state index contributed by atoms with van der Waals surface area (Å²) in [5.41, 5.74) is 3.44. The van der Waals surface area contributed by atoms with Crippen molar-refractivity contribution < 1.29 is 9.59 Å². The molecule has 1 aliphatic heterocycles. The highest BCUT2D eigenvalue weighted by Gasteiger charge is 2.22. The summed E-state index contributed by atoms with van der Waals surface area (Å²) in [4.78, 5) is 32.7. The Morgan fingerprint density at radius 2 is 1.89 bits per heavy atom. The third-order valence-electron chi connectivity index (χ3n) is 5.12. The van der Waals surface area contributed by atoms with Gasteiger partial charge < -0.3 is 4.90 Å². The van der Waals surface area contributed by atoms with Gasteiger partial charge in [-0.25, -0.2) is 0 Å². The molecule has 0 N–H and O–H groups in total. The number of amides is 1. The van der Waals surface area contributed by atoms with Gasteiger partial charge in [-0.2, -0.15) is 5.10 Å². The molecule has 1 saturated heterocycles. The molecule has 27 heavy (non-hydrogen) atoms. The van der Waals surface area contributed by atoms with E-state index in [1.54, 1.807) is 17.8 Å². The molecule has 0 aromatic carbocycles. The molecule has 1 fully saturated rings. The van der Waals surface area contributed by atoms with Crippen molar-refractivity contribution in [3.8, 4) is 0 Å². The van der Waals surface area contributed by atoms with E-state index in [-0.39, 0.29) is 11.7 Å². The lowest BCUT2D eigenvalue weighted by molar-refractivity contribution is -0.133. The molecule has 7 heteroatoms. The lowest BCUT2D eigenvalue weighted by Gasteiger charge is -2.34. The van der Waals surface area contributed by atoms with E-state index in [0.717, 1.165) is 44.1 Å². The van der Waals surface area contributed by atoms with Crippen molar-refractivity contribution in [3.63, 3.8) is 0 Å². The third-order valence-corrected chi connectivity index (χ3v) is 5.12. The molecule has 0 unspecified atom stereocenters. The topological polar surface area (TPSA) is 71.3 Å². The first-order valence-corrected chi connectivity index (χ1v) is 9.39. The number of aromatic nitrogens is 3. The predicted octanol–water partition coefficient (Wildman–Crippen LogP) is 1.83. The molecule has 0 saturated carbocycles. The van der Waals surface area contributed by atoms with Crippen LogP contribution >= 0.6 is 0 Å². The Kier molecular flexibility index (Phi) is 6.01. The van der Waals surface area contributed by atoms with E-state index in [2.05, 4.69) is 21.0 Å². The van der Waals surface area contributed by atoms with Crippen molar-refractivity contribution >= 4 is 11.7 Å². The Bertz CT molecular complexity index is 807. The smallest absolute Gasteiger partial charge is 0.224 e. The number of nitrogens with zero attached hydrogens (tertiary/aromatic N) is 5. The van der Waals surface area contributed by atoms with Crippen molar-refractivity contribution in [1.82, 2.24) is 24.6 Å². The fourth-order valence-corrected chi connectivity index (χ4v) is 3.69. The second-order valence-electron chi connectivity index (χ2n) is 7.09. The molecule has 1 amide bonds.